The van der Waals surface area contributed by atoms with Crippen LogP contribution in [0.4, 0.5) is 4.39 Å². The molecule has 226 valence electrons. The van der Waals surface area contributed by atoms with Gasteiger partial charge in [-0.2, -0.15) is 5.10 Å². The van der Waals surface area contributed by atoms with Crippen LogP contribution in [0.2, 0.25) is 5.02 Å². The number of hydrogen-bond acceptors (Lipinski definition) is 6. The number of aromatic nitrogens is 4. The molecule has 0 saturated carbocycles. The fourth-order valence-electron chi connectivity index (χ4n) is 6.76. The van der Waals surface area contributed by atoms with Crippen molar-refractivity contribution in [1.29, 1.82) is 0 Å². The van der Waals surface area contributed by atoms with Crippen LogP contribution in [0.15, 0.2) is 67.0 Å². The smallest absolute Gasteiger partial charge is 0.278 e. The zero-order valence-electron chi connectivity index (χ0n) is 24.4. The summed E-state index contributed by atoms with van der Waals surface area (Å²) in [7, 11) is 0. The summed E-state index contributed by atoms with van der Waals surface area (Å²) >= 11 is 5.99. The molecule has 3 aliphatic rings. The van der Waals surface area contributed by atoms with E-state index < -0.39 is 11.6 Å². The lowest BCUT2D eigenvalue weighted by Gasteiger charge is -2.33. The van der Waals surface area contributed by atoms with Crippen LogP contribution in [0.3, 0.4) is 0 Å². The van der Waals surface area contributed by atoms with Crippen molar-refractivity contribution in [2.75, 3.05) is 19.7 Å². The van der Waals surface area contributed by atoms with Gasteiger partial charge >= 0.3 is 0 Å². The highest BCUT2D eigenvalue weighted by Crippen LogP contribution is 2.50. The normalized spacial score (nSPS) is 22.0. The molecule has 0 spiro atoms. The summed E-state index contributed by atoms with van der Waals surface area (Å²) in [6.07, 6.45) is 7.00. The molecule has 5 aromatic rings. The number of nitrogens with zero attached hydrogens (tertiary/aromatic N) is 4. The van der Waals surface area contributed by atoms with Gasteiger partial charge in [0.1, 0.15) is 11.6 Å². The van der Waals surface area contributed by atoms with Crippen molar-refractivity contribution in [3.05, 3.63) is 94.8 Å². The van der Waals surface area contributed by atoms with Crippen LogP contribution in [0.5, 0.6) is 11.5 Å². The van der Waals surface area contributed by atoms with Gasteiger partial charge in [-0.1, -0.05) is 29.8 Å². The topological polar surface area (TPSA) is 77.4 Å². The minimum absolute atomic E-state index is 0.236. The summed E-state index contributed by atoms with van der Waals surface area (Å²) in [5.74, 6) is 1.02. The third-order valence-electron chi connectivity index (χ3n) is 9.26. The van der Waals surface area contributed by atoms with E-state index in [0.717, 1.165) is 85.6 Å². The van der Waals surface area contributed by atoms with Gasteiger partial charge in [-0.3, -0.25) is 10.00 Å². The molecule has 44 heavy (non-hydrogen) atoms. The summed E-state index contributed by atoms with van der Waals surface area (Å²) in [6.45, 7) is 6.04. The molecule has 1 unspecified atom stereocenters. The summed E-state index contributed by atoms with van der Waals surface area (Å²) in [5.41, 5.74) is 5.71. The Balaban J connectivity index is 0.999. The molecule has 10 heteroatoms. The first-order valence-corrected chi connectivity index (χ1v) is 15.6. The molecule has 2 aromatic heterocycles. The van der Waals surface area contributed by atoms with E-state index in [0.29, 0.717) is 28.0 Å². The zero-order chi connectivity index (χ0) is 29.8. The maximum atomic E-state index is 14.9. The first kappa shape index (κ1) is 27.6. The summed E-state index contributed by atoms with van der Waals surface area (Å²) < 4.78 is 35.6. The number of hydrogen-bond donors (Lipinski definition) is 1. The van der Waals surface area contributed by atoms with Gasteiger partial charge in [0.15, 0.2) is 11.5 Å². The van der Waals surface area contributed by atoms with Crippen molar-refractivity contribution in [2.45, 2.75) is 57.1 Å². The third-order valence-corrected chi connectivity index (χ3v) is 9.50. The van der Waals surface area contributed by atoms with Crippen LogP contribution in [-0.4, -0.2) is 50.4 Å². The molecule has 0 bridgehead atoms. The van der Waals surface area contributed by atoms with E-state index in [2.05, 4.69) is 43.9 Å². The minimum atomic E-state index is -1.26. The predicted octanol–water partition coefficient (Wildman–Crippen LogP) is 7.03. The minimum Gasteiger partial charge on any atom is -0.444 e. The van der Waals surface area contributed by atoms with E-state index >= 15 is 0 Å². The highest BCUT2D eigenvalue weighted by atomic mass is 35.5. The standard InChI is InChI=1S/C34H33ClFN5O3/c1-34(27-7-6-24(35)16-28(27)36)43-31-4-2-3-26(33(31)44-34)21-9-12-40(13-10-21)20-32-39-29-15-22(23-17-37-38-18-23)5-8-30(29)41(32)19-25-11-14-42-25/h2-8,15-18,21,25H,9-14,19-20H2,1H3,(H,37,38)/t25-,34?/m0/s1. The Hall–Kier alpha value is -3.92. The van der Waals surface area contributed by atoms with Crippen molar-refractivity contribution < 1.29 is 18.6 Å². The molecule has 3 aromatic carbocycles. The molecule has 2 atom stereocenters. The zero-order valence-corrected chi connectivity index (χ0v) is 25.2. The van der Waals surface area contributed by atoms with Crippen LogP contribution in [0, 0.1) is 5.82 Å². The van der Waals surface area contributed by atoms with Gasteiger partial charge < -0.3 is 18.8 Å². The van der Waals surface area contributed by atoms with Gasteiger partial charge in [-0.05, 0) is 80.2 Å². The SMILES string of the molecule is CC1(c2ccc(Cl)cc2F)Oc2cccc(C3CCN(Cc4nc5cc(-c6cn[nH]c6)ccc5n4C[C@@H]4CCO4)CC3)c2O1. The molecule has 0 aliphatic carbocycles. The molecular formula is C34H33ClFN5O3. The largest absolute Gasteiger partial charge is 0.444 e. The van der Waals surface area contributed by atoms with Gasteiger partial charge in [0.05, 0.1) is 42.0 Å². The first-order valence-electron chi connectivity index (χ1n) is 15.2. The molecule has 8 rings (SSSR count). The van der Waals surface area contributed by atoms with Crippen molar-refractivity contribution >= 4 is 22.6 Å². The Morgan fingerprint density at radius 1 is 1.05 bits per heavy atom. The Morgan fingerprint density at radius 3 is 2.66 bits per heavy atom. The lowest BCUT2D eigenvalue weighted by atomic mass is 9.88. The number of fused-ring (bicyclic) bond motifs is 2. The Morgan fingerprint density at radius 2 is 1.91 bits per heavy atom. The van der Waals surface area contributed by atoms with Crippen LogP contribution in [0.25, 0.3) is 22.2 Å². The van der Waals surface area contributed by atoms with E-state index in [-0.39, 0.29) is 6.10 Å². The second-order valence-electron chi connectivity index (χ2n) is 12.1. The Labute approximate surface area is 259 Å². The number of para-hydroxylation sites is 1. The molecule has 0 amide bonds. The number of halogens is 2. The molecule has 0 radical (unpaired) electrons. The predicted molar refractivity (Wildman–Crippen MR) is 165 cm³/mol. The average Bonchev–Trinajstić information content (AvgIpc) is 3.72. The highest BCUT2D eigenvalue weighted by Gasteiger charge is 2.43. The molecule has 8 nitrogen and oxygen atoms in total. The van der Waals surface area contributed by atoms with Crippen molar-refractivity contribution in [3.63, 3.8) is 0 Å². The van der Waals surface area contributed by atoms with Crippen LogP contribution >= 0.6 is 11.6 Å². The van der Waals surface area contributed by atoms with Crippen molar-refractivity contribution in [3.8, 4) is 22.6 Å². The number of benzene rings is 3. The summed E-state index contributed by atoms with van der Waals surface area (Å²) in [4.78, 5) is 7.62. The summed E-state index contributed by atoms with van der Waals surface area (Å²) in [5, 5.41) is 7.34. The highest BCUT2D eigenvalue weighted by molar-refractivity contribution is 6.30. The molecule has 2 fully saturated rings. The number of nitrogens with one attached hydrogen (secondary N) is 1. The molecule has 1 N–H and O–H groups in total. The van der Waals surface area contributed by atoms with Gasteiger partial charge in [0.2, 0.25) is 0 Å². The van der Waals surface area contributed by atoms with Gasteiger partial charge in [0, 0.05) is 35.9 Å². The molecular weight excluding hydrogens is 581 g/mol. The fraction of sp³-hybridized carbons (Fsp3) is 0.353. The molecule has 5 heterocycles. The van der Waals surface area contributed by atoms with Crippen LogP contribution in [-0.2, 0) is 23.6 Å². The maximum Gasteiger partial charge on any atom is 0.278 e. The number of ether oxygens (including phenoxy) is 3. The Kier molecular flexibility index (Phi) is 6.85. The van der Waals surface area contributed by atoms with Gasteiger partial charge in [-0.15, -0.1) is 0 Å². The Bertz CT molecular complexity index is 1830. The first-order chi connectivity index (χ1) is 21.4. The maximum absolute atomic E-state index is 14.9. The van der Waals surface area contributed by atoms with Crippen LogP contribution < -0.4 is 9.47 Å². The second kappa shape index (κ2) is 10.9. The lowest BCUT2D eigenvalue weighted by molar-refractivity contribution is -0.0712. The van der Waals surface area contributed by atoms with Gasteiger partial charge in [0.25, 0.3) is 5.79 Å². The van der Waals surface area contributed by atoms with E-state index in [4.69, 9.17) is 30.8 Å². The molecule has 2 saturated heterocycles. The molecule has 3 aliphatic heterocycles. The number of likely N-dealkylation sites (tertiary alicyclic amines) is 1. The number of H-pyrrole nitrogens is 1. The van der Waals surface area contributed by atoms with E-state index in [1.807, 2.05) is 24.5 Å². The number of rotatable bonds is 7. The average molecular weight is 614 g/mol. The fourth-order valence-corrected chi connectivity index (χ4v) is 6.92. The third kappa shape index (κ3) is 4.93. The van der Waals surface area contributed by atoms with E-state index in [1.165, 1.54) is 6.07 Å². The second-order valence-corrected chi connectivity index (χ2v) is 12.5. The van der Waals surface area contributed by atoms with Crippen LogP contribution in [0.1, 0.15) is 49.1 Å². The number of piperidine rings is 1. The lowest BCUT2D eigenvalue weighted by Crippen LogP contribution is -2.35. The van der Waals surface area contributed by atoms with Crippen molar-refractivity contribution in [2.24, 2.45) is 0 Å². The van der Waals surface area contributed by atoms with E-state index in [1.54, 1.807) is 19.1 Å². The summed E-state index contributed by atoms with van der Waals surface area (Å²) in [6, 6.07) is 17.0. The monoisotopic (exact) mass is 613 g/mol. The van der Waals surface area contributed by atoms with Crippen molar-refractivity contribution in [1.82, 2.24) is 24.6 Å². The van der Waals surface area contributed by atoms with Gasteiger partial charge in [-0.25, -0.2) is 9.37 Å². The quantitative estimate of drug-likeness (QED) is 0.212. The van der Waals surface area contributed by atoms with E-state index in [9.17, 15) is 4.39 Å². The number of imidazole rings is 1. The number of aromatic amines is 1.